The van der Waals surface area contributed by atoms with Crippen LogP contribution in [0.15, 0.2) is 18.2 Å². The van der Waals surface area contributed by atoms with Gasteiger partial charge in [0.25, 0.3) is 0 Å². The molecule has 0 aliphatic carbocycles. The van der Waals surface area contributed by atoms with Crippen molar-refractivity contribution in [1.29, 1.82) is 0 Å². The topological polar surface area (TPSA) is 17.8 Å². The van der Waals surface area contributed by atoms with Gasteiger partial charge in [-0.2, -0.15) is 5.10 Å². The Morgan fingerprint density at radius 3 is 2.53 bits per heavy atom. The summed E-state index contributed by atoms with van der Waals surface area (Å²) in [7, 11) is 0. The van der Waals surface area contributed by atoms with Crippen molar-refractivity contribution < 1.29 is 0 Å². The van der Waals surface area contributed by atoms with Crippen molar-refractivity contribution in [3.63, 3.8) is 0 Å². The second-order valence-corrected chi connectivity index (χ2v) is 6.08. The Morgan fingerprint density at radius 1 is 1.16 bits per heavy atom. The van der Waals surface area contributed by atoms with Crippen LogP contribution in [0.1, 0.15) is 41.9 Å². The summed E-state index contributed by atoms with van der Waals surface area (Å²) in [5.74, 6) is 0. The monoisotopic (exact) mass is 368 g/mol. The molecule has 3 heteroatoms. The molecule has 2 rings (SSSR count). The normalized spacial score (nSPS) is 11.0. The van der Waals surface area contributed by atoms with Crippen LogP contribution in [0.4, 0.5) is 0 Å². The predicted molar refractivity (Wildman–Crippen MR) is 88.7 cm³/mol. The smallest absolute Gasteiger partial charge is 0.0758 e. The highest BCUT2D eigenvalue weighted by Gasteiger charge is 2.13. The molecule has 2 aromatic rings. The standard InChI is InChI=1S/C16H21IN2/c1-5-14-16(17)15(6-2)19(18-14)10-13-9-11(3)7-8-12(13)4/h7-9H,5-6,10H2,1-4H3. The summed E-state index contributed by atoms with van der Waals surface area (Å²) in [6.07, 6.45) is 2.04. The molecule has 0 radical (unpaired) electrons. The minimum Gasteiger partial charge on any atom is -0.264 e. The number of hydrogen-bond donors (Lipinski definition) is 0. The van der Waals surface area contributed by atoms with E-state index in [4.69, 9.17) is 5.10 Å². The zero-order valence-electron chi connectivity index (χ0n) is 12.1. The molecule has 1 aromatic heterocycles. The number of halogens is 1. The molecular weight excluding hydrogens is 347 g/mol. The minimum absolute atomic E-state index is 0.882. The maximum absolute atomic E-state index is 4.77. The van der Waals surface area contributed by atoms with E-state index in [-0.39, 0.29) is 0 Å². The second-order valence-electron chi connectivity index (χ2n) is 5.00. The Balaban J connectivity index is 2.40. The van der Waals surface area contributed by atoms with E-state index in [1.54, 1.807) is 0 Å². The molecule has 0 unspecified atom stereocenters. The van der Waals surface area contributed by atoms with E-state index in [2.05, 4.69) is 73.2 Å². The zero-order valence-corrected chi connectivity index (χ0v) is 14.3. The number of nitrogens with zero attached hydrogens (tertiary/aromatic N) is 2. The Labute approximate surface area is 129 Å². The first-order valence-corrected chi connectivity index (χ1v) is 7.94. The van der Waals surface area contributed by atoms with E-state index in [1.807, 2.05) is 0 Å². The molecule has 0 saturated heterocycles. The van der Waals surface area contributed by atoms with E-state index in [0.717, 1.165) is 19.4 Å². The van der Waals surface area contributed by atoms with Gasteiger partial charge in [-0.1, -0.05) is 37.6 Å². The van der Waals surface area contributed by atoms with E-state index in [0.29, 0.717) is 0 Å². The molecule has 0 aliphatic rings. The first kappa shape index (κ1) is 14.6. The van der Waals surface area contributed by atoms with Gasteiger partial charge in [-0.05, 0) is 60.4 Å². The molecule has 2 nitrogen and oxygen atoms in total. The SMILES string of the molecule is CCc1nn(Cc2cc(C)ccc2C)c(CC)c1I. The van der Waals surface area contributed by atoms with Gasteiger partial charge in [0.15, 0.2) is 0 Å². The number of benzene rings is 1. The highest BCUT2D eigenvalue weighted by atomic mass is 127. The second kappa shape index (κ2) is 6.07. The summed E-state index contributed by atoms with van der Waals surface area (Å²) in [5.41, 5.74) is 6.62. The van der Waals surface area contributed by atoms with Gasteiger partial charge >= 0.3 is 0 Å². The molecule has 0 spiro atoms. The molecule has 0 fully saturated rings. The van der Waals surface area contributed by atoms with Crippen molar-refractivity contribution in [2.45, 2.75) is 47.1 Å². The molecule has 0 aliphatic heterocycles. The van der Waals surface area contributed by atoms with E-state index in [9.17, 15) is 0 Å². The van der Waals surface area contributed by atoms with Crippen molar-refractivity contribution in [2.75, 3.05) is 0 Å². The molecule has 0 amide bonds. The average Bonchev–Trinajstić information content (AvgIpc) is 2.69. The van der Waals surface area contributed by atoms with Gasteiger partial charge in [0, 0.05) is 0 Å². The highest BCUT2D eigenvalue weighted by Crippen LogP contribution is 2.20. The number of aryl methyl sites for hydroxylation is 3. The van der Waals surface area contributed by atoms with Crippen molar-refractivity contribution in [2.24, 2.45) is 0 Å². The zero-order chi connectivity index (χ0) is 14.0. The summed E-state index contributed by atoms with van der Waals surface area (Å²) in [5, 5.41) is 4.77. The Kier molecular flexibility index (Phi) is 4.66. The van der Waals surface area contributed by atoms with Crippen LogP contribution >= 0.6 is 22.6 Å². The highest BCUT2D eigenvalue weighted by molar-refractivity contribution is 14.1. The van der Waals surface area contributed by atoms with Crippen LogP contribution in [-0.4, -0.2) is 9.78 Å². The molecule has 0 saturated carbocycles. The quantitative estimate of drug-likeness (QED) is 0.737. The molecule has 1 heterocycles. The largest absolute Gasteiger partial charge is 0.264 e. The van der Waals surface area contributed by atoms with E-state index < -0.39 is 0 Å². The van der Waals surface area contributed by atoms with Crippen LogP contribution in [0.25, 0.3) is 0 Å². The van der Waals surface area contributed by atoms with Crippen LogP contribution in [-0.2, 0) is 19.4 Å². The van der Waals surface area contributed by atoms with Crippen LogP contribution in [0.5, 0.6) is 0 Å². The van der Waals surface area contributed by atoms with E-state index >= 15 is 0 Å². The molecule has 19 heavy (non-hydrogen) atoms. The summed E-state index contributed by atoms with van der Waals surface area (Å²) in [6, 6.07) is 6.64. The van der Waals surface area contributed by atoms with Crippen LogP contribution in [0.2, 0.25) is 0 Å². The maximum atomic E-state index is 4.77. The Bertz CT molecular complexity index is 585. The maximum Gasteiger partial charge on any atom is 0.0758 e. The summed E-state index contributed by atoms with van der Waals surface area (Å²) >= 11 is 2.44. The molecule has 0 atom stereocenters. The third kappa shape index (κ3) is 3.02. The van der Waals surface area contributed by atoms with Crippen LogP contribution < -0.4 is 0 Å². The average molecular weight is 368 g/mol. The summed E-state index contributed by atoms with van der Waals surface area (Å²) in [6.45, 7) is 9.58. The number of rotatable bonds is 4. The Morgan fingerprint density at radius 2 is 1.89 bits per heavy atom. The van der Waals surface area contributed by atoms with Crippen LogP contribution in [0.3, 0.4) is 0 Å². The molecule has 0 N–H and O–H groups in total. The number of aromatic nitrogens is 2. The molecule has 0 bridgehead atoms. The van der Waals surface area contributed by atoms with Crippen molar-refractivity contribution in [1.82, 2.24) is 9.78 Å². The fourth-order valence-corrected chi connectivity index (χ4v) is 3.51. The van der Waals surface area contributed by atoms with Crippen LogP contribution in [0, 0.1) is 17.4 Å². The van der Waals surface area contributed by atoms with Gasteiger partial charge in [-0.25, -0.2) is 0 Å². The lowest BCUT2D eigenvalue weighted by Gasteiger charge is -2.10. The lowest BCUT2D eigenvalue weighted by molar-refractivity contribution is 0.637. The molecular formula is C16H21IN2. The van der Waals surface area contributed by atoms with Gasteiger partial charge in [-0.3, -0.25) is 4.68 Å². The van der Waals surface area contributed by atoms with E-state index in [1.165, 1.54) is 31.6 Å². The van der Waals surface area contributed by atoms with Crippen molar-refractivity contribution >= 4 is 22.6 Å². The molecule has 1 aromatic carbocycles. The predicted octanol–water partition coefficient (Wildman–Crippen LogP) is 4.28. The minimum atomic E-state index is 0.882. The summed E-state index contributed by atoms with van der Waals surface area (Å²) in [4.78, 5) is 0. The first-order chi connectivity index (χ1) is 9.06. The third-order valence-corrected chi connectivity index (χ3v) is 4.80. The van der Waals surface area contributed by atoms with Gasteiger partial charge in [-0.15, -0.1) is 0 Å². The third-order valence-electron chi connectivity index (χ3n) is 3.55. The lowest BCUT2D eigenvalue weighted by Crippen LogP contribution is -2.07. The lowest BCUT2D eigenvalue weighted by atomic mass is 10.1. The fraction of sp³-hybridized carbons (Fsp3) is 0.438. The van der Waals surface area contributed by atoms with Gasteiger partial charge in [0.05, 0.1) is 21.5 Å². The molecule has 102 valence electrons. The van der Waals surface area contributed by atoms with Gasteiger partial charge in [0.1, 0.15) is 0 Å². The van der Waals surface area contributed by atoms with Crippen molar-refractivity contribution in [3.8, 4) is 0 Å². The van der Waals surface area contributed by atoms with Gasteiger partial charge < -0.3 is 0 Å². The summed E-state index contributed by atoms with van der Waals surface area (Å²) < 4.78 is 3.52. The fourth-order valence-electron chi connectivity index (χ4n) is 2.36. The van der Waals surface area contributed by atoms with Crippen molar-refractivity contribution in [3.05, 3.63) is 49.8 Å². The first-order valence-electron chi connectivity index (χ1n) is 6.87. The number of hydrogen-bond acceptors (Lipinski definition) is 1. The Hall–Kier alpha value is -0.840. The van der Waals surface area contributed by atoms with Gasteiger partial charge in [0.2, 0.25) is 0 Å².